The minimum atomic E-state index is 0.583. The number of likely N-dealkylation sites (tertiary alicyclic amines) is 1. The van der Waals surface area contributed by atoms with Gasteiger partial charge in [0.25, 0.3) is 0 Å². The summed E-state index contributed by atoms with van der Waals surface area (Å²) < 4.78 is 0. The molecule has 17 heavy (non-hydrogen) atoms. The van der Waals surface area contributed by atoms with E-state index in [1.165, 1.54) is 24.8 Å². The van der Waals surface area contributed by atoms with Gasteiger partial charge in [0.1, 0.15) is 0 Å². The first-order valence-electron chi connectivity index (χ1n) is 6.36. The van der Waals surface area contributed by atoms with Crippen molar-refractivity contribution in [1.82, 2.24) is 10.2 Å². The SMILES string of the molecule is C[C@H]1CCCCN1C(=S)NCc1ccccc1. The molecular formula is C14H20N2S. The lowest BCUT2D eigenvalue weighted by Gasteiger charge is -2.35. The van der Waals surface area contributed by atoms with E-state index in [0.29, 0.717) is 6.04 Å². The Kier molecular flexibility index (Phi) is 4.37. The highest BCUT2D eigenvalue weighted by Gasteiger charge is 2.19. The molecule has 2 nitrogen and oxygen atoms in total. The summed E-state index contributed by atoms with van der Waals surface area (Å²) >= 11 is 5.46. The van der Waals surface area contributed by atoms with Gasteiger partial charge in [-0.25, -0.2) is 0 Å². The molecule has 0 bridgehead atoms. The molecule has 0 aliphatic carbocycles. The number of nitrogens with one attached hydrogen (secondary N) is 1. The van der Waals surface area contributed by atoms with Gasteiger partial charge in [0.05, 0.1) is 0 Å². The average Bonchev–Trinajstić information content (AvgIpc) is 2.38. The maximum Gasteiger partial charge on any atom is 0.169 e. The lowest BCUT2D eigenvalue weighted by molar-refractivity contribution is 0.255. The van der Waals surface area contributed by atoms with Crippen LogP contribution in [0.4, 0.5) is 0 Å². The molecular weight excluding hydrogens is 228 g/mol. The largest absolute Gasteiger partial charge is 0.358 e. The van der Waals surface area contributed by atoms with Crippen molar-refractivity contribution in [2.24, 2.45) is 0 Å². The number of hydrogen-bond donors (Lipinski definition) is 1. The fourth-order valence-corrected chi connectivity index (χ4v) is 2.62. The van der Waals surface area contributed by atoms with Crippen LogP contribution in [0.15, 0.2) is 30.3 Å². The lowest BCUT2D eigenvalue weighted by atomic mass is 10.0. The minimum absolute atomic E-state index is 0.583. The second-order valence-electron chi connectivity index (χ2n) is 4.68. The molecule has 1 aliphatic rings. The number of thiocarbonyl (C=S) groups is 1. The zero-order valence-electron chi connectivity index (χ0n) is 10.4. The van der Waals surface area contributed by atoms with Crippen LogP contribution in [0.25, 0.3) is 0 Å². The molecule has 2 rings (SSSR count). The Morgan fingerprint density at radius 3 is 2.82 bits per heavy atom. The molecule has 0 aromatic heterocycles. The monoisotopic (exact) mass is 248 g/mol. The maximum absolute atomic E-state index is 5.46. The number of rotatable bonds is 2. The molecule has 1 aromatic carbocycles. The zero-order valence-corrected chi connectivity index (χ0v) is 11.2. The van der Waals surface area contributed by atoms with Crippen molar-refractivity contribution in [3.8, 4) is 0 Å². The van der Waals surface area contributed by atoms with E-state index in [2.05, 4.69) is 41.4 Å². The molecule has 0 amide bonds. The van der Waals surface area contributed by atoms with Crippen molar-refractivity contribution in [1.29, 1.82) is 0 Å². The normalized spacial score (nSPS) is 20.1. The molecule has 92 valence electrons. The number of hydrogen-bond acceptors (Lipinski definition) is 1. The van der Waals surface area contributed by atoms with Crippen molar-refractivity contribution >= 4 is 17.3 Å². The third-order valence-corrected chi connectivity index (χ3v) is 3.73. The minimum Gasteiger partial charge on any atom is -0.358 e. The van der Waals surface area contributed by atoms with Gasteiger partial charge in [-0.3, -0.25) is 0 Å². The summed E-state index contributed by atoms with van der Waals surface area (Å²) in [4.78, 5) is 2.32. The van der Waals surface area contributed by atoms with E-state index >= 15 is 0 Å². The van der Waals surface area contributed by atoms with Gasteiger partial charge in [0.2, 0.25) is 0 Å². The van der Waals surface area contributed by atoms with Gasteiger partial charge in [-0.1, -0.05) is 30.3 Å². The first-order chi connectivity index (χ1) is 8.27. The Bertz CT molecular complexity index is 364. The number of nitrogens with zero attached hydrogens (tertiary/aromatic N) is 1. The second-order valence-corrected chi connectivity index (χ2v) is 5.07. The van der Waals surface area contributed by atoms with Gasteiger partial charge in [0.15, 0.2) is 5.11 Å². The highest BCUT2D eigenvalue weighted by atomic mass is 32.1. The van der Waals surface area contributed by atoms with E-state index in [1.54, 1.807) is 0 Å². The number of benzene rings is 1. The van der Waals surface area contributed by atoms with Crippen LogP contribution in [-0.4, -0.2) is 22.6 Å². The molecule has 1 aromatic rings. The van der Waals surface area contributed by atoms with Crippen LogP contribution in [0, 0.1) is 0 Å². The predicted molar refractivity (Wildman–Crippen MR) is 75.9 cm³/mol. The van der Waals surface area contributed by atoms with Crippen LogP contribution in [-0.2, 0) is 6.54 Å². The van der Waals surface area contributed by atoms with Gasteiger partial charge >= 0.3 is 0 Å². The number of piperidine rings is 1. The third-order valence-electron chi connectivity index (χ3n) is 3.35. The average molecular weight is 248 g/mol. The van der Waals surface area contributed by atoms with Crippen molar-refractivity contribution in [3.05, 3.63) is 35.9 Å². The molecule has 1 saturated heterocycles. The Labute approximate surface area is 109 Å². The standard InChI is InChI=1S/C14H20N2S/c1-12-7-5-6-10-16(12)14(17)15-11-13-8-3-2-4-9-13/h2-4,8-9,12H,5-7,10-11H2,1H3,(H,15,17)/t12-/m0/s1. The smallest absolute Gasteiger partial charge is 0.169 e. The topological polar surface area (TPSA) is 15.3 Å². The Morgan fingerprint density at radius 2 is 2.12 bits per heavy atom. The van der Waals surface area contributed by atoms with Crippen LogP contribution < -0.4 is 5.32 Å². The summed E-state index contributed by atoms with van der Waals surface area (Å²) in [6.07, 6.45) is 3.85. The molecule has 1 aliphatic heterocycles. The van der Waals surface area contributed by atoms with E-state index in [0.717, 1.165) is 18.2 Å². The molecule has 1 atom stereocenters. The fourth-order valence-electron chi connectivity index (χ4n) is 2.27. The summed E-state index contributed by atoms with van der Waals surface area (Å²) in [5, 5.41) is 4.26. The molecule has 1 fully saturated rings. The highest BCUT2D eigenvalue weighted by molar-refractivity contribution is 7.80. The van der Waals surface area contributed by atoms with Gasteiger partial charge in [-0.05, 0) is 44.0 Å². The molecule has 0 spiro atoms. The first kappa shape index (κ1) is 12.4. The van der Waals surface area contributed by atoms with Crippen LogP contribution >= 0.6 is 12.2 Å². The Morgan fingerprint density at radius 1 is 1.35 bits per heavy atom. The predicted octanol–water partition coefficient (Wildman–Crippen LogP) is 2.94. The maximum atomic E-state index is 5.46. The zero-order chi connectivity index (χ0) is 12.1. The summed E-state index contributed by atoms with van der Waals surface area (Å²) in [5.74, 6) is 0. The first-order valence-corrected chi connectivity index (χ1v) is 6.76. The van der Waals surface area contributed by atoms with E-state index in [9.17, 15) is 0 Å². The summed E-state index contributed by atoms with van der Waals surface area (Å²) in [6.45, 7) is 4.18. The van der Waals surface area contributed by atoms with E-state index in [4.69, 9.17) is 12.2 Å². The van der Waals surface area contributed by atoms with Crippen LogP contribution in [0.3, 0.4) is 0 Å². The van der Waals surface area contributed by atoms with Gasteiger partial charge < -0.3 is 10.2 Å². The fraction of sp³-hybridized carbons (Fsp3) is 0.500. The van der Waals surface area contributed by atoms with Gasteiger partial charge in [-0.15, -0.1) is 0 Å². The molecule has 1 N–H and O–H groups in total. The van der Waals surface area contributed by atoms with Crippen molar-refractivity contribution in [3.63, 3.8) is 0 Å². The quantitative estimate of drug-likeness (QED) is 0.810. The summed E-state index contributed by atoms with van der Waals surface area (Å²) in [6, 6.07) is 11.0. The van der Waals surface area contributed by atoms with E-state index in [1.807, 2.05) is 6.07 Å². The molecule has 1 heterocycles. The summed E-state index contributed by atoms with van der Waals surface area (Å²) in [5.41, 5.74) is 1.28. The van der Waals surface area contributed by atoms with E-state index in [-0.39, 0.29) is 0 Å². The molecule has 0 radical (unpaired) electrons. The molecule has 0 saturated carbocycles. The van der Waals surface area contributed by atoms with Crippen molar-refractivity contribution < 1.29 is 0 Å². The molecule has 3 heteroatoms. The van der Waals surface area contributed by atoms with Crippen LogP contribution in [0.2, 0.25) is 0 Å². The van der Waals surface area contributed by atoms with Gasteiger partial charge in [-0.2, -0.15) is 0 Å². The lowest BCUT2D eigenvalue weighted by Crippen LogP contribution is -2.47. The van der Waals surface area contributed by atoms with Gasteiger partial charge in [0, 0.05) is 19.1 Å². The highest BCUT2D eigenvalue weighted by Crippen LogP contribution is 2.16. The Hall–Kier alpha value is -1.09. The second kappa shape index (κ2) is 6.01. The van der Waals surface area contributed by atoms with Crippen LogP contribution in [0.5, 0.6) is 0 Å². The van der Waals surface area contributed by atoms with Crippen molar-refractivity contribution in [2.75, 3.05) is 6.54 Å². The molecule has 0 unspecified atom stereocenters. The summed E-state index contributed by atoms with van der Waals surface area (Å²) in [7, 11) is 0. The van der Waals surface area contributed by atoms with Crippen LogP contribution in [0.1, 0.15) is 31.7 Å². The third kappa shape index (κ3) is 3.43. The van der Waals surface area contributed by atoms with Crippen molar-refractivity contribution in [2.45, 2.75) is 38.8 Å². The van der Waals surface area contributed by atoms with E-state index < -0.39 is 0 Å². The Balaban J connectivity index is 1.84.